The Balaban J connectivity index is 1.71. The van der Waals surface area contributed by atoms with E-state index in [0.717, 1.165) is 24.3 Å². The van der Waals surface area contributed by atoms with Crippen LogP contribution in [0.3, 0.4) is 0 Å². The average Bonchev–Trinajstić information content (AvgIpc) is 3.12. The standard InChI is InChI=1S/C18H20N6/c1-3-24(4-2)16-12-10-15(11-13-16)20-22-18-19-17(21-23-18)14-8-6-5-7-9-14/h5-13H,3-4H2,1-2H3,(H,19,21,23). The van der Waals surface area contributed by atoms with Gasteiger partial charge in [0.15, 0.2) is 5.82 Å². The lowest BCUT2D eigenvalue weighted by Gasteiger charge is -2.20. The van der Waals surface area contributed by atoms with Gasteiger partial charge >= 0.3 is 0 Å². The summed E-state index contributed by atoms with van der Waals surface area (Å²) in [7, 11) is 0. The van der Waals surface area contributed by atoms with E-state index < -0.39 is 0 Å². The number of nitrogens with zero attached hydrogens (tertiary/aromatic N) is 5. The van der Waals surface area contributed by atoms with E-state index in [2.05, 4.69) is 56.3 Å². The maximum Gasteiger partial charge on any atom is 0.287 e. The Labute approximate surface area is 141 Å². The lowest BCUT2D eigenvalue weighted by molar-refractivity contribution is 0.866. The Morgan fingerprint density at radius 1 is 0.917 bits per heavy atom. The van der Waals surface area contributed by atoms with E-state index >= 15 is 0 Å². The SMILES string of the molecule is CCN(CC)c1ccc(N=Nc2n[nH]c(-c3ccccc3)n2)cc1. The number of anilines is 1. The molecule has 0 aliphatic heterocycles. The zero-order valence-corrected chi connectivity index (χ0v) is 13.8. The van der Waals surface area contributed by atoms with Crippen molar-refractivity contribution in [1.29, 1.82) is 0 Å². The molecule has 24 heavy (non-hydrogen) atoms. The van der Waals surface area contributed by atoms with Crippen LogP contribution >= 0.6 is 0 Å². The van der Waals surface area contributed by atoms with Gasteiger partial charge in [-0.2, -0.15) is 4.98 Å². The number of aromatic amines is 1. The van der Waals surface area contributed by atoms with Crippen LogP contribution in [0.25, 0.3) is 11.4 Å². The monoisotopic (exact) mass is 320 g/mol. The summed E-state index contributed by atoms with van der Waals surface area (Å²) in [5, 5.41) is 15.2. The number of hydrogen-bond acceptors (Lipinski definition) is 5. The molecule has 1 aromatic heterocycles. The van der Waals surface area contributed by atoms with Crippen LogP contribution in [-0.4, -0.2) is 28.3 Å². The number of aromatic nitrogens is 3. The summed E-state index contributed by atoms with van der Waals surface area (Å²) in [6.45, 7) is 6.25. The molecular weight excluding hydrogens is 300 g/mol. The van der Waals surface area contributed by atoms with Gasteiger partial charge in [0.25, 0.3) is 5.95 Å². The first-order valence-electron chi connectivity index (χ1n) is 8.04. The number of hydrogen-bond donors (Lipinski definition) is 1. The predicted molar refractivity (Wildman–Crippen MR) is 96.0 cm³/mol. The van der Waals surface area contributed by atoms with Crippen LogP contribution in [-0.2, 0) is 0 Å². The fourth-order valence-corrected chi connectivity index (χ4v) is 2.44. The van der Waals surface area contributed by atoms with Gasteiger partial charge < -0.3 is 4.90 Å². The first-order valence-corrected chi connectivity index (χ1v) is 8.04. The van der Waals surface area contributed by atoms with Crippen molar-refractivity contribution in [3.8, 4) is 11.4 Å². The summed E-state index contributed by atoms with van der Waals surface area (Å²) in [4.78, 5) is 6.61. The quantitative estimate of drug-likeness (QED) is 0.667. The van der Waals surface area contributed by atoms with E-state index in [1.54, 1.807) is 0 Å². The van der Waals surface area contributed by atoms with E-state index in [4.69, 9.17) is 0 Å². The molecule has 0 radical (unpaired) electrons. The Kier molecular flexibility index (Phi) is 4.96. The van der Waals surface area contributed by atoms with Crippen LogP contribution in [0.4, 0.5) is 17.3 Å². The maximum absolute atomic E-state index is 4.33. The van der Waals surface area contributed by atoms with Crippen LogP contribution < -0.4 is 4.90 Å². The van der Waals surface area contributed by atoms with Crippen LogP contribution in [0.5, 0.6) is 0 Å². The molecule has 0 bridgehead atoms. The van der Waals surface area contributed by atoms with Gasteiger partial charge in [0.1, 0.15) is 0 Å². The number of azo groups is 1. The molecule has 3 aromatic rings. The van der Waals surface area contributed by atoms with E-state index in [-0.39, 0.29) is 0 Å². The van der Waals surface area contributed by atoms with Gasteiger partial charge in [0.2, 0.25) is 0 Å². The lowest BCUT2D eigenvalue weighted by atomic mass is 10.2. The van der Waals surface area contributed by atoms with Crippen molar-refractivity contribution >= 4 is 17.3 Å². The van der Waals surface area contributed by atoms with Crippen LogP contribution in [0.2, 0.25) is 0 Å². The Morgan fingerprint density at radius 2 is 1.62 bits per heavy atom. The van der Waals surface area contributed by atoms with E-state index in [1.807, 2.05) is 42.5 Å². The van der Waals surface area contributed by atoms with Crippen molar-refractivity contribution < 1.29 is 0 Å². The molecule has 1 heterocycles. The predicted octanol–water partition coefficient (Wildman–Crippen LogP) is 4.73. The maximum atomic E-state index is 4.33. The topological polar surface area (TPSA) is 69.5 Å². The molecule has 6 nitrogen and oxygen atoms in total. The third-order valence-corrected chi connectivity index (χ3v) is 3.75. The number of H-pyrrole nitrogens is 1. The first kappa shape index (κ1) is 15.9. The van der Waals surface area contributed by atoms with Crippen molar-refractivity contribution in [2.24, 2.45) is 10.2 Å². The summed E-state index contributed by atoms with van der Waals surface area (Å²) >= 11 is 0. The summed E-state index contributed by atoms with van der Waals surface area (Å²) in [5.74, 6) is 1.00. The van der Waals surface area contributed by atoms with E-state index in [1.165, 1.54) is 5.69 Å². The highest BCUT2D eigenvalue weighted by molar-refractivity contribution is 5.55. The van der Waals surface area contributed by atoms with Gasteiger partial charge in [0, 0.05) is 24.3 Å². The molecule has 0 amide bonds. The van der Waals surface area contributed by atoms with Crippen LogP contribution in [0, 0.1) is 0 Å². The zero-order chi connectivity index (χ0) is 16.8. The van der Waals surface area contributed by atoms with Crippen molar-refractivity contribution in [2.75, 3.05) is 18.0 Å². The number of nitrogens with one attached hydrogen (secondary N) is 1. The zero-order valence-electron chi connectivity index (χ0n) is 13.8. The molecule has 0 unspecified atom stereocenters. The molecule has 0 atom stereocenters. The summed E-state index contributed by atoms with van der Waals surface area (Å²) < 4.78 is 0. The highest BCUT2D eigenvalue weighted by atomic mass is 15.3. The normalized spacial score (nSPS) is 11.1. The molecule has 1 N–H and O–H groups in total. The Bertz CT molecular complexity index is 788. The first-order chi connectivity index (χ1) is 11.8. The highest BCUT2D eigenvalue weighted by Crippen LogP contribution is 2.22. The molecule has 0 saturated carbocycles. The Hall–Kier alpha value is -3.02. The van der Waals surface area contributed by atoms with Crippen LogP contribution in [0.1, 0.15) is 13.8 Å². The number of rotatable bonds is 6. The van der Waals surface area contributed by atoms with Crippen molar-refractivity contribution in [1.82, 2.24) is 15.2 Å². The van der Waals surface area contributed by atoms with Gasteiger partial charge in [-0.3, -0.25) is 5.10 Å². The lowest BCUT2D eigenvalue weighted by Crippen LogP contribution is -2.21. The molecule has 3 rings (SSSR count). The molecule has 6 heteroatoms. The average molecular weight is 320 g/mol. The third kappa shape index (κ3) is 3.65. The largest absolute Gasteiger partial charge is 0.372 e. The third-order valence-electron chi connectivity index (χ3n) is 3.75. The van der Waals surface area contributed by atoms with Gasteiger partial charge in [-0.05, 0) is 38.1 Å². The molecule has 0 spiro atoms. The minimum absolute atomic E-state index is 0.321. The molecule has 0 fully saturated rings. The Morgan fingerprint density at radius 3 is 2.29 bits per heavy atom. The highest BCUT2D eigenvalue weighted by Gasteiger charge is 2.04. The van der Waals surface area contributed by atoms with Crippen LogP contribution in [0.15, 0.2) is 64.8 Å². The molecule has 122 valence electrons. The second-order valence-electron chi connectivity index (χ2n) is 5.24. The number of benzene rings is 2. The minimum atomic E-state index is 0.321. The van der Waals surface area contributed by atoms with Crippen molar-refractivity contribution in [3.05, 3.63) is 54.6 Å². The van der Waals surface area contributed by atoms with Crippen molar-refractivity contribution in [3.63, 3.8) is 0 Å². The summed E-state index contributed by atoms with van der Waals surface area (Å²) in [6, 6.07) is 17.8. The fraction of sp³-hybridized carbons (Fsp3) is 0.222. The fourth-order valence-electron chi connectivity index (χ4n) is 2.44. The van der Waals surface area contributed by atoms with Gasteiger partial charge in [-0.25, -0.2) is 0 Å². The van der Waals surface area contributed by atoms with E-state index in [0.29, 0.717) is 11.8 Å². The molecule has 0 saturated heterocycles. The summed E-state index contributed by atoms with van der Waals surface area (Å²) in [5.41, 5.74) is 2.93. The second kappa shape index (κ2) is 7.50. The smallest absolute Gasteiger partial charge is 0.287 e. The summed E-state index contributed by atoms with van der Waals surface area (Å²) in [6.07, 6.45) is 0. The van der Waals surface area contributed by atoms with Gasteiger partial charge in [-0.15, -0.1) is 15.3 Å². The molecule has 2 aromatic carbocycles. The van der Waals surface area contributed by atoms with Gasteiger partial charge in [0.05, 0.1) is 5.69 Å². The van der Waals surface area contributed by atoms with Gasteiger partial charge in [-0.1, -0.05) is 30.3 Å². The molecule has 0 aliphatic carbocycles. The second-order valence-corrected chi connectivity index (χ2v) is 5.24. The van der Waals surface area contributed by atoms with Crippen molar-refractivity contribution in [2.45, 2.75) is 13.8 Å². The molecule has 0 aliphatic rings. The minimum Gasteiger partial charge on any atom is -0.372 e. The van der Waals surface area contributed by atoms with E-state index in [9.17, 15) is 0 Å². The molecular formula is C18H20N6.